The van der Waals surface area contributed by atoms with Crippen molar-refractivity contribution >= 4 is 27.9 Å². The smallest absolute Gasteiger partial charge is 0.344 e. The van der Waals surface area contributed by atoms with E-state index in [9.17, 15) is 9.59 Å². The molecule has 0 heterocycles. The van der Waals surface area contributed by atoms with E-state index in [1.54, 1.807) is 42.5 Å². The van der Waals surface area contributed by atoms with E-state index in [2.05, 4.69) is 22.9 Å². The molecule has 0 radical (unpaired) electrons. The lowest BCUT2D eigenvalue weighted by molar-refractivity contribution is -0.134. The molecule has 0 aliphatic rings. The van der Waals surface area contributed by atoms with Crippen LogP contribution in [0.1, 0.15) is 55.8 Å². The summed E-state index contributed by atoms with van der Waals surface area (Å²) in [6.45, 7) is 2.16. The van der Waals surface area contributed by atoms with Gasteiger partial charge in [-0.3, -0.25) is 4.79 Å². The lowest BCUT2D eigenvalue weighted by Crippen LogP contribution is -2.10. The van der Waals surface area contributed by atoms with E-state index in [1.807, 2.05) is 6.07 Å². The molecule has 0 fully saturated rings. The molecule has 0 spiro atoms. The highest BCUT2D eigenvalue weighted by Gasteiger charge is 2.13. The molecule has 4 nitrogen and oxygen atoms in total. The van der Waals surface area contributed by atoms with Crippen LogP contribution in [0.3, 0.4) is 0 Å². The van der Waals surface area contributed by atoms with E-state index in [1.165, 1.54) is 12.8 Å². The Morgan fingerprint density at radius 3 is 2.31 bits per heavy atom. The van der Waals surface area contributed by atoms with Crippen LogP contribution in [0.15, 0.2) is 53.0 Å². The molecule has 0 aliphatic heterocycles. The molecule has 0 bridgehead atoms. The molecular formula is C21H23BrO4. The minimum Gasteiger partial charge on any atom is -0.426 e. The van der Waals surface area contributed by atoms with Gasteiger partial charge >= 0.3 is 11.9 Å². The second kappa shape index (κ2) is 10.8. The largest absolute Gasteiger partial charge is 0.426 e. The molecule has 2 rings (SSSR count). The molecule has 2 aromatic rings. The Labute approximate surface area is 162 Å². The molecule has 0 saturated carbocycles. The van der Waals surface area contributed by atoms with Crippen molar-refractivity contribution in [3.05, 3.63) is 58.6 Å². The van der Waals surface area contributed by atoms with Crippen LogP contribution in [0.5, 0.6) is 11.5 Å². The molecule has 26 heavy (non-hydrogen) atoms. The Bertz CT molecular complexity index is 742. The third kappa shape index (κ3) is 6.64. The predicted octanol–water partition coefficient (Wildman–Crippen LogP) is 5.93. The highest BCUT2D eigenvalue weighted by molar-refractivity contribution is 9.10. The Hall–Kier alpha value is -2.14. The van der Waals surface area contributed by atoms with Crippen LogP contribution in [-0.4, -0.2) is 11.9 Å². The van der Waals surface area contributed by atoms with Gasteiger partial charge in [-0.05, 0) is 46.6 Å². The van der Waals surface area contributed by atoms with Crippen LogP contribution in [0.2, 0.25) is 0 Å². The fourth-order valence-corrected chi connectivity index (χ4v) is 2.89. The number of carbonyl (C=O) groups excluding carboxylic acids is 2. The Balaban J connectivity index is 1.88. The number of carbonyl (C=O) groups is 2. The number of hydrogen-bond acceptors (Lipinski definition) is 4. The average Bonchev–Trinajstić information content (AvgIpc) is 2.62. The summed E-state index contributed by atoms with van der Waals surface area (Å²) in [5.74, 6) is -0.0346. The maximum atomic E-state index is 12.2. The van der Waals surface area contributed by atoms with Gasteiger partial charge in [-0.25, -0.2) is 4.79 Å². The fraction of sp³-hybridized carbons (Fsp3) is 0.333. The minimum atomic E-state index is -0.475. The molecule has 0 amide bonds. The Kier molecular flexibility index (Phi) is 8.35. The van der Waals surface area contributed by atoms with Gasteiger partial charge in [-0.2, -0.15) is 0 Å². The van der Waals surface area contributed by atoms with Gasteiger partial charge in [-0.1, -0.05) is 50.8 Å². The highest BCUT2D eigenvalue weighted by Crippen LogP contribution is 2.23. The number of unbranched alkanes of at least 4 members (excludes halogenated alkanes) is 4. The van der Waals surface area contributed by atoms with Gasteiger partial charge in [-0.15, -0.1) is 0 Å². The molecule has 0 aliphatic carbocycles. The summed E-state index contributed by atoms with van der Waals surface area (Å²) in [5.41, 5.74) is 0.432. The van der Waals surface area contributed by atoms with Crippen molar-refractivity contribution in [3.63, 3.8) is 0 Å². The first kappa shape index (κ1) is 20.2. The summed E-state index contributed by atoms with van der Waals surface area (Å²) in [6.07, 6.45) is 5.77. The first-order valence-corrected chi connectivity index (χ1v) is 9.67. The summed E-state index contributed by atoms with van der Waals surface area (Å²) in [7, 11) is 0. The number of benzene rings is 2. The van der Waals surface area contributed by atoms with Crippen molar-refractivity contribution in [1.82, 2.24) is 0 Å². The van der Waals surface area contributed by atoms with Gasteiger partial charge in [0.05, 0.1) is 5.56 Å². The summed E-state index contributed by atoms with van der Waals surface area (Å²) in [5, 5.41) is 0. The zero-order valence-electron chi connectivity index (χ0n) is 14.9. The molecule has 2 aromatic carbocycles. The summed E-state index contributed by atoms with van der Waals surface area (Å²) in [4.78, 5) is 24.1. The van der Waals surface area contributed by atoms with Gasteiger partial charge in [0.1, 0.15) is 11.5 Å². The number of hydrogen-bond donors (Lipinski definition) is 0. The maximum absolute atomic E-state index is 12.2. The normalized spacial score (nSPS) is 10.4. The lowest BCUT2D eigenvalue weighted by atomic mass is 10.1. The van der Waals surface area contributed by atoms with Crippen LogP contribution in [0.25, 0.3) is 0 Å². The van der Waals surface area contributed by atoms with Crippen LogP contribution >= 0.6 is 15.9 Å². The van der Waals surface area contributed by atoms with Crippen molar-refractivity contribution in [2.75, 3.05) is 0 Å². The molecular weight excluding hydrogens is 396 g/mol. The number of esters is 2. The molecule has 0 aromatic heterocycles. The fourth-order valence-electron chi connectivity index (χ4n) is 2.45. The van der Waals surface area contributed by atoms with Gasteiger partial charge in [0, 0.05) is 17.0 Å². The molecule has 0 atom stereocenters. The van der Waals surface area contributed by atoms with E-state index in [-0.39, 0.29) is 5.97 Å². The first-order chi connectivity index (χ1) is 12.6. The average molecular weight is 419 g/mol. The van der Waals surface area contributed by atoms with E-state index in [0.29, 0.717) is 28.0 Å². The highest BCUT2D eigenvalue weighted by atomic mass is 79.9. The number of halogens is 1. The van der Waals surface area contributed by atoms with Gasteiger partial charge < -0.3 is 9.47 Å². The van der Waals surface area contributed by atoms with Crippen molar-refractivity contribution < 1.29 is 19.1 Å². The van der Waals surface area contributed by atoms with E-state index in [4.69, 9.17) is 9.47 Å². The Morgan fingerprint density at radius 1 is 0.885 bits per heavy atom. The van der Waals surface area contributed by atoms with Crippen molar-refractivity contribution in [1.29, 1.82) is 0 Å². The SMILES string of the molecule is CCCCCCCC(=O)Oc1cccc(OC(=O)c2ccccc2Br)c1. The van der Waals surface area contributed by atoms with Crippen LogP contribution in [0, 0.1) is 0 Å². The monoisotopic (exact) mass is 418 g/mol. The number of ether oxygens (including phenoxy) is 2. The van der Waals surface area contributed by atoms with Gasteiger partial charge in [0.2, 0.25) is 0 Å². The zero-order valence-corrected chi connectivity index (χ0v) is 16.5. The van der Waals surface area contributed by atoms with Gasteiger partial charge in [0.25, 0.3) is 0 Å². The van der Waals surface area contributed by atoms with Crippen LogP contribution in [-0.2, 0) is 4.79 Å². The van der Waals surface area contributed by atoms with Crippen molar-refractivity contribution in [2.45, 2.75) is 45.4 Å². The second-order valence-electron chi connectivity index (χ2n) is 5.98. The molecule has 0 N–H and O–H groups in total. The molecule has 0 unspecified atom stereocenters. The second-order valence-corrected chi connectivity index (χ2v) is 6.84. The van der Waals surface area contributed by atoms with E-state index < -0.39 is 5.97 Å². The summed E-state index contributed by atoms with van der Waals surface area (Å²) in [6, 6.07) is 13.6. The van der Waals surface area contributed by atoms with Crippen LogP contribution in [0.4, 0.5) is 0 Å². The van der Waals surface area contributed by atoms with E-state index >= 15 is 0 Å². The quantitative estimate of drug-likeness (QED) is 0.287. The Morgan fingerprint density at radius 2 is 1.58 bits per heavy atom. The predicted molar refractivity (Wildman–Crippen MR) is 105 cm³/mol. The third-order valence-electron chi connectivity index (χ3n) is 3.83. The lowest BCUT2D eigenvalue weighted by Gasteiger charge is -2.08. The van der Waals surface area contributed by atoms with Gasteiger partial charge in [0.15, 0.2) is 0 Å². The zero-order chi connectivity index (χ0) is 18.8. The third-order valence-corrected chi connectivity index (χ3v) is 4.52. The van der Waals surface area contributed by atoms with Crippen molar-refractivity contribution in [2.24, 2.45) is 0 Å². The standard InChI is InChI=1S/C21H23BrO4/c1-2-3-4-5-6-14-20(23)25-16-10-9-11-17(15-16)26-21(24)18-12-7-8-13-19(18)22/h7-13,15H,2-6,14H2,1H3. The molecule has 5 heteroatoms. The summed E-state index contributed by atoms with van der Waals surface area (Å²) < 4.78 is 11.4. The minimum absolute atomic E-state index is 0.268. The van der Waals surface area contributed by atoms with E-state index in [0.717, 1.165) is 19.3 Å². The van der Waals surface area contributed by atoms with Crippen LogP contribution < -0.4 is 9.47 Å². The topological polar surface area (TPSA) is 52.6 Å². The molecule has 0 saturated heterocycles. The maximum Gasteiger partial charge on any atom is 0.344 e. The first-order valence-electron chi connectivity index (χ1n) is 8.87. The molecule has 138 valence electrons. The number of rotatable bonds is 9. The van der Waals surface area contributed by atoms with Crippen molar-refractivity contribution in [3.8, 4) is 11.5 Å². The summed E-state index contributed by atoms with van der Waals surface area (Å²) >= 11 is 3.33.